The highest BCUT2D eigenvalue weighted by Crippen LogP contribution is 2.20. The lowest BCUT2D eigenvalue weighted by Gasteiger charge is -2.20. The van der Waals surface area contributed by atoms with Gasteiger partial charge in [-0.25, -0.2) is 9.78 Å². The van der Waals surface area contributed by atoms with Crippen LogP contribution in [-0.4, -0.2) is 33.3 Å². The van der Waals surface area contributed by atoms with Gasteiger partial charge in [-0.05, 0) is 18.1 Å². The van der Waals surface area contributed by atoms with Crippen molar-refractivity contribution in [2.24, 2.45) is 13.0 Å². The number of nitrogens with one attached hydrogen (secondary N) is 2. The molecular formula is C18H26N4O2. The van der Waals surface area contributed by atoms with E-state index in [9.17, 15) is 9.90 Å². The monoisotopic (exact) mass is 330 g/mol. The van der Waals surface area contributed by atoms with E-state index in [1.54, 1.807) is 6.20 Å². The molecule has 0 bridgehead atoms. The predicted molar refractivity (Wildman–Crippen MR) is 95.7 cm³/mol. The van der Waals surface area contributed by atoms with E-state index in [1.807, 2.05) is 55.9 Å². The van der Waals surface area contributed by atoms with E-state index in [0.717, 1.165) is 24.2 Å². The molecule has 1 heterocycles. The number of aliphatic hydroxyl groups excluding tert-OH is 1. The molecule has 6 heteroatoms. The highest BCUT2D eigenvalue weighted by Gasteiger charge is 2.16. The van der Waals surface area contributed by atoms with Gasteiger partial charge in [0.05, 0.1) is 6.10 Å². The fourth-order valence-electron chi connectivity index (χ4n) is 2.75. The second kappa shape index (κ2) is 8.49. The number of amides is 2. The van der Waals surface area contributed by atoms with Crippen LogP contribution in [0.1, 0.15) is 26.7 Å². The van der Waals surface area contributed by atoms with Gasteiger partial charge in [0.2, 0.25) is 0 Å². The summed E-state index contributed by atoms with van der Waals surface area (Å²) < 4.78 is 1.92. The van der Waals surface area contributed by atoms with Crippen molar-refractivity contribution in [2.75, 3.05) is 11.9 Å². The Morgan fingerprint density at radius 1 is 1.33 bits per heavy atom. The summed E-state index contributed by atoms with van der Waals surface area (Å²) in [7, 11) is 1.93. The number of rotatable bonds is 7. The first-order chi connectivity index (χ1) is 11.5. The Labute approximate surface area is 142 Å². The molecule has 0 aliphatic heterocycles. The van der Waals surface area contributed by atoms with Crippen molar-refractivity contribution < 1.29 is 9.90 Å². The number of imidazole rings is 1. The average molecular weight is 330 g/mol. The lowest BCUT2D eigenvalue weighted by molar-refractivity contribution is 0.104. The third-order valence-electron chi connectivity index (χ3n) is 4.26. The number of carbonyl (C=O) groups excluding carboxylic acids is 1. The largest absolute Gasteiger partial charge is 0.391 e. The van der Waals surface area contributed by atoms with Gasteiger partial charge in [-0.2, -0.15) is 0 Å². The molecule has 0 radical (unpaired) electrons. The molecule has 3 N–H and O–H groups in total. The Morgan fingerprint density at radius 3 is 2.71 bits per heavy atom. The summed E-state index contributed by atoms with van der Waals surface area (Å²) in [6, 6.07) is 7.20. The molecule has 0 fully saturated rings. The zero-order valence-corrected chi connectivity index (χ0v) is 14.5. The molecule has 2 amide bonds. The van der Waals surface area contributed by atoms with Crippen LogP contribution < -0.4 is 10.6 Å². The first-order valence-electron chi connectivity index (χ1n) is 8.35. The van der Waals surface area contributed by atoms with Crippen LogP contribution in [0.2, 0.25) is 0 Å². The predicted octanol–water partition coefficient (Wildman–Crippen LogP) is 3.01. The van der Waals surface area contributed by atoms with Crippen molar-refractivity contribution in [2.45, 2.75) is 32.8 Å². The Bertz CT molecular complexity index is 665. The second-order valence-corrected chi connectivity index (χ2v) is 5.92. The maximum Gasteiger partial charge on any atom is 0.319 e. The third-order valence-corrected chi connectivity index (χ3v) is 4.26. The van der Waals surface area contributed by atoms with Crippen LogP contribution in [0.3, 0.4) is 0 Å². The SMILES string of the molecule is CCC(CC)C(O)CNC(=O)Nc1cccc(-c2nccn2C)c1. The molecule has 1 aromatic carbocycles. The Hall–Kier alpha value is -2.34. The molecule has 2 aromatic rings. The number of hydrogen-bond acceptors (Lipinski definition) is 3. The molecule has 0 aliphatic rings. The quantitative estimate of drug-likeness (QED) is 0.730. The second-order valence-electron chi connectivity index (χ2n) is 5.92. The number of aryl methyl sites for hydroxylation is 1. The standard InChI is InChI=1S/C18H26N4O2/c1-4-13(5-2)16(23)12-20-18(24)21-15-8-6-7-14(11-15)17-19-9-10-22(17)3/h6-11,13,16,23H,4-5,12H2,1-3H3,(H2,20,21,24). The summed E-state index contributed by atoms with van der Waals surface area (Å²) in [6.45, 7) is 4.33. The molecule has 1 aromatic heterocycles. The fourth-order valence-corrected chi connectivity index (χ4v) is 2.75. The number of carbonyl (C=O) groups is 1. The van der Waals surface area contributed by atoms with E-state index >= 15 is 0 Å². The van der Waals surface area contributed by atoms with Crippen molar-refractivity contribution in [3.63, 3.8) is 0 Å². The minimum absolute atomic E-state index is 0.206. The molecule has 0 saturated carbocycles. The normalized spacial score (nSPS) is 12.2. The van der Waals surface area contributed by atoms with Crippen LogP contribution in [0.4, 0.5) is 10.5 Å². The summed E-state index contributed by atoms with van der Waals surface area (Å²) in [4.78, 5) is 16.3. The van der Waals surface area contributed by atoms with Crippen molar-refractivity contribution in [1.29, 1.82) is 0 Å². The van der Waals surface area contributed by atoms with E-state index in [2.05, 4.69) is 15.6 Å². The Morgan fingerprint density at radius 2 is 2.08 bits per heavy atom. The summed E-state index contributed by atoms with van der Waals surface area (Å²) >= 11 is 0. The van der Waals surface area contributed by atoms with Crippen LogP contribution >= 0.6 is 0 Å². The first-order valence-corrected chi connectivity index (χ1v) is 8.35. The summed E-state index contributed by atoms with van der Waals surface area (Å²) in [5, 5.41) is 15.6. The molecule has 130 valence electrons. The molecule has 0 saturated heterocycles. The Kier molecular flexibility index (Phi) is 6.37. The minimum atomic E-state index is -0.523. The van der Waals surface area contributed by atoms with E-state index in [1.165, 1.54) is 0 Å². The minimum Gasteiger partial charge on any atom is -0.391 e. The van der Waals surface area contributed by atoms with Crippen molar-refractivity contribution in [1.82, 2.24) is 14.9 Å². The lowest BCUT2D eigenvalue weighted by Crippen LogP contribution is -2.38. The fraction of sp³-hybridized carbons (Fsp3) is 0.444. The van der Waals surface area contributed by atoms with Gasteiger partial charge in [-0.3, -0.25) is 0 Å². The van der Waals surface area contributed by atoms with E-state index < -0.39 is 6.10 Å². The third kappa shape index (κ3) is 4.58. The number of nitrogens with zero attached hydrogens (tertiary/aromatic N) is 2. The van der Waals surface area contributed by atoms with Gasteiger partial charge < -0.3 is 20.3 Å². The van der Waals surface area contributed by atoms with Crippen LogP contribution in [0, 0.1) is 5.92 Å². The summed E-state index contributed by atoms with van der Waals surface area (Å²) in [6.07, 6.45) is 4.88. The van der Waals surface area contributed by atoms with Gasteiger partial charge in [0, 0.05) is 37.2 Å². The molecule has 0 aliphatic carbocycles. The maximum atomic E-state index is 12.0. The number of hydrogen-bond donors (Lipinski definition) is 3. The van der Waals surface area contributed by atoms with Crippen LogP contribution in [0.25, 0.3) is 11.4 Å². The van der Waals surface area contributed by atoms with Gasteiger partial charge in [-0.1, -0.05) is 38.8 Å². The van der Waals surface area contributed by atoms with Gasteiger partial charge in [0.15, 0.2) is 0 Å². The molecule has 6 nitrogen and oxygen atoms in total. The Balaban J connectivity index is 1.94. The summed E-state index contributed by atoms with van der Waals surface area (Å²) in [5.41, 5.74) is 1.61. The van der Waals surface area contributed by atoms with Gasteiger partial charge >= 0.3 is 6.03 Å². The zero-order chi connectivity index (χ0) is 17.5. The number of benzene rings is 1. The average Bonchev–Trinajstić information content (AvgIpc) is 3.00. The van der Waals surface area contributed by atoms with Crippen molar-refractivity contribution in [3.8, 4) is 11.4 Å². The van der Waals surface area contributed by atoms with Crippen molar-refractivity contribution >= 4 is 11.7 Å². The van der Waals surface area contributed by atoms with Crippen LogP contribution in [0.15, 0.2) is 36.7 Å². The highest BCUT2D eigenvalue weighted by atomic mass is 16.3. The number of aromatic nitrogens is 2. The van der Waals surface area contributed by atoms with Crippen LogP contribution in [-0.2, 0) is 7.05 Å². The lowest BCUT2D eigenvalue weighted by atomic mass is 9.97. The molecular weight excluding hydrogens is 304 g/mol. The van der Waals surface area contributed by atoms with Crippen LogP contribution in [0.5, 0.6) is 0 Å². The highest BCUT2D eigenvalue weighted by molar-refractivity contribution is 5.89. The number of anilines is 1. The molecule has 24 heavy (non-hydrogen) atoms. The molecule has 2 rings (SSSR count). The van der Waals surface area contributed by atoms with Crippen molar-refractivity contribution in [3.05, 3.63) is 36.7 Å². The zero-order valence-electron chi connectivity index (χ0n) is 14.5. The van der Waals surface area contributed by atoms with Gasteiger partial charge in [0.1, 0.15) is 5.82 Å². The van der Waals surface area contributed by atoms with Gasteiger partial charge in [0.25, 0.3) is 0 Å². The smallest absolute Gasteiger partial charge is 0.319 e. The number of aliphatic hydroxyl groups is 1. The maximum absolute atomic E-state index is 12.0. The van der Waals surface area contributed by atoms with E-state index in [-0.39, 0.29) is 18.5 Å². The van der Waals surface area contributed by atoms with Gasteiger partial charge in [-0.15, -0.1) is 0 Å². The van der Waals surface area contributed by atoms with E-state index in [0.29, 0.717) is 5.69 Å². The molecule has 1 unspecified atom stereocenters. The number of urea groups is 1. The van der Waals surface area contributed by atoms with E-state index in [4.69, 9.17) is 0 Å². The first kappa shape index (κ1) is 18.0. The molecule has 1 atom stereocenters. The molecule has 0 spiro atoms. The topological polar surface area (TPSA) is 79.2 Å². The summed E-state index contributed by atoms with van der Waals surface area (Å²) in [5.74, 6) is 1.04.